The van der Waals surface area contributed by atoms with E-state index in [1.807, 2.05) is 18.0 Å². The van der Waals surface area contributed by atoms with Gasteiger partial charge in [0, 0.05) is 67.2 Å². The Hall–Kier alpha value is -5.30. The zero-order valence-electron chi connectivity index (χ0n) is 26.9. The van der Waals surface area contributed by atoms with Gasteiger partial charge < -0.3 is 36.0 Å². The number of anilines is 5. The molecule has 13 heteroatoms. The normalized spacial score (nSPS) is 13.3. The highest BCUT2D eigenvalue weighted by Gasteiger charge is 2.22. The number of nitrogen functional groups attached to an aromatic ring is 1. The van der Waals surface area contributed by atoms with Gasteiger partial charge >= 0.3 is 0 Å². The number of piperazine rings is 1. The lowest BCUT2D eigenvalue weighted by Gasteiger charge is -2.34. The molecule has 46 heavy (non-hydrogen) atoms. The second kappa shape index (κ2) is 15.1. The van der Waals surface area contributed by atoms with Gasteiger partial charge in [-0.15, -0.1) is 0 Å². The van der Waals surface area contributed by atoms with E-state index in [-0.39, 0.29) is 22.9 Å². The molecule has 1 aliphatic heterocycles. The van der Waals surface area contributed by atoms with Gasteiger partial charge in [0.15, 0.2) is 5.82 Å². The first kappa shape index (κ1) is 33.6. The summed E-state index contributed by atoms with van der Waals surface area (Å²) >= 11 is 0. The molecular weight excluding hydrogens is 584 g/mol. The molecule has 1 aliphatic rings. The third-order valence-corrected chi connectivity index (χ3v) is 7.53. The number of benzene rings is 2. The number of nitrogens with zero attached hydrogens (tertiary/aromatic N) is 5. The van der Waals surface area contributed by atoms with E-state index >= 15 is 0 Å². The fourth-order valence-electron chi connectivity index (χ4n) is 4.72. The van der Waals surface area contributed by atoms with Crippen molar-refractivity contribution < 1.29 is 14.1 Å². The minimum atomic E-state index is -0.00346. The van der Waals surface area contributed by atoms with Crippen molar-refractivity contribution in [2.45, 2.75) is 33.1 Å². The molecule has 2 aromatic carbocycles. The highest BCUT2D eigenvalue weighted by Crippen LogP contribution is 2.26. The van der Waals surface area contributed by atoms with Crippen molar-refractivity contribution in [2.75, 3.05) is 61.5 Å². The van der Waals surface area contributed by atoms with Crippen LogP contribution in [0.4, 0.5) is 28.8 Å². The Labute approximate surface area is 269 Å². The molecule has 0 aliphatic carbocycles. The molecule has 1 saturated heterocycles. The monoisotopic (exact) mass is 626 g/mol. The number of likely N-dealkylation sites (N-methyl/N-ethyl adjacent to an activating group) is 1. The zero-order chi connectivity index (χ0) is 33.3. The van der Waals surface area contributed by atoms with Crippen LogP contribution in [-0.2, 0) is 10.2 Å². The van der Waals surface area contributed by atoms with Crippen LogP contribution in [0.15, 0.2) is 65.4 Å². The highest BCUT2D eigenvalue weighted by molar-refractivity contribution is 6.16. The van der Waals surface area contributed by atoms with Gasteiger partial charge in [0.25, 0.3) is 5.91 Å². The molecule has 6 N–H and O–H groups in total. The zero-order valence-corrected chi connectivity index (χ0v) is 26.9. The third kappa shape index (κ3) is 8.45. The Morgan fingerprint density at radius 2 is 1.63 bits per heavy atom. The third-order valence-electron chi connectivity index (χ3n) is 7.53. The molecule has 0 spiro atoms. The van der Waals surface area contributed by atoms with Crippen LogP contribution in [0.1, 0.15) is 54.9 Å². The van der Waals surface area contributed by atoms with Crippen molar-refractivity contribution in [3.05, 3.63) is 83.4 Å². The summed E-state index contributed by atoms with van der Waals surface area (Å²) in [6, 6.07) is 15.9. The first-order valence-electron chi connectivity index (χ1n) is 15.1. The predicted octanol–water partition coefficient (Wildman–Crippen LogP) is 4.58. The number of nitrogens with one attached hydrogen (secondary N) is 4. The number of hydrogen-bond donors (Lipinski definition) is 5. The standard InChI is InChI=1S/C25H28N8O2.C8H14N2O/c1-2-32-11-13-33(14-12-32)25(35)18-5-3-17(4-6-18)22(26)21-23(27)28-15-29-24(21)31-20-9-7-19(8-10-20)30-16-34;1-8(2,3)6-5-7(9-4)10-11-6/h3-10,15-16,26H,2,11-14H2,1H3,(H,30,34)(H3,27,28,29,31);5H,1-4H3,(H,9,10). The van der Waals surface area contributed by atoms with Crippen LogP contribution in [0.2, 0.25) is 0 Å². The maximum atomic E-state index is 12.9. The molecule has 13 nitrogen and oxygen atoms in total. The van der Waals surface area contributed by atoms with Gasteiger partial charge in [-0.1, -0.05) is 45.0 Å². The van der Waals surface area contributed by atoms with Crippen molar-refractivity contribution >= 4 is 46.9 Å². The Kier molecular flexibility index (Phi) is 11.0. The fraction of sp³-hybridized carbons (Fsp3) is 0.333. The molecule has 1 fully saturated rings. The Morgan fingerprint density at radius 3 is 2.17 bits per heavy atom. The Bertz CT molecular complexity index is 1620. The van der Waals surface area contributed by atoms with Crippen LogP contribution in [-0.4, -0.2) is 82.7 Å². The quantitative estimate of drug-likeness (QED) is 0.130. The number of carbonyl (C=O) groups is 2. The largest absolute Gasteiger partial charge is 0.383 e. The molecule has 4 aromatic rings. The molecule has 0 atom stereocenters. The molecule has 2 aromatic heterocycles. The molecule has 5 rings (SSSR count). The number of hydrogen-bond acceptors (Lipinski definition) is 11. The average Bonchev–Trinajstić information content (AvgIpc) is 3.57. The van der Waals surface area contributed by atoms with Crippen LogP contribution >= 0.6 is 0 Å². The van der Waals surface area contributed by atoms with E-state index in [4.69, 9.17) is 15.7 Å². The molecule has 242 valence electrons. The van der Waals surface area contributed by atoms with Gasteiger partial charge in [0.2, 0.25) is 6.41 Å². The van der Waals surface area contributed by atoms with E-state index in [0.717, 1.165) is 31.2 Å². The molecule has 0 bridgehead atoms. The van der Waals surface area contributed by atoms with Crippen molar-refractivity contribution in [2.24, 2.45) is 0 Å². The Morgan fingerprint density at radius 1 is 1.00 bits per heavy atom. The van der Waals surface area contributed by atoms with E-state index in [1.165, 1.54) is 6.33 Å². The van der Waals surface area contributed by atoms with Gasteiger partial charge in [-0.3, -0.25) is 15.0 Å². The van der Waals surface area contributed by atoms with Gasteiger partial charge in [-0.2, -0.15) is 0 Å². The fourth-order valence-corrected chi connectivity index (χ4v) is 4.72. The number of aromatic nitrogens is 3. The SMILES string of the molecule is CCN1CCN(C(=O)c2ccc(C(=N)c3c(N)ncnc3Nc3ccc(NC=O)cc3)cc2)CC1.CNc1cc(C(C)(C)C)on1. The van der Waals surface area contributed by atoms with Crippen LogP contribution in [0, 0.1) is 5.41 Å². The second-order valence-electron chi connectivity index (χ2n) is 11.7. The molecule has 2 amide bonds. The van der Waals surface area contributed by atoms with E-state index in [9.17, 15) is 9.59 Å². The summed E-state index contributed by atoms with van der Waals surface area (Å²) in [6.07, 6.45) is 1.94. The second-order valence-corrected chi connectivity index (χ2v) is 11.7. The highest BCUT2D eigenvalue weighted by atomic mass is 16.5. The smallest absolute Gasteiger partial charge is 0.253 e. The number of carbonyl (C=O) groups excluding carboxylic acids is 2. The van der Waals surface area contributed by atoms with Gasteiger partial charge in [-0.05, 0) is 42.9 Å². The summed E-state index contributed by atoms with van der Waals surface area (Å²) in [7, 11) is 1.82. The van der Waals surface area contributed by atoms with Crippen LogP contribution < -0.4 is 21.7 Å². The molecule has 0 radical (unpaired) electrons. The number of amides is 2. The van der Waals surface area contributed by atoms with Crippen molar-refractivity contribution in [1.82, 2.24) is 24.9 Å². The summed E-state index contributed by atoms with van der Waals surface area (Å²) in [5, 5.41) is 21.2. The van der Waals surface area contributed by atoms with Gasteiger partial charge in [0.1, 0.15) is 23.7 Å². The predicted molar refractivity (Wildman–Crippen MR) is 181 cm³/mol. The van der Waals surface area contributed by atoms with Crippen molar-refractivity contribution in [1.29, 1.82) is 5.41 Å². The average molecular weight is 627 g/mol. The molecule has 3 heterocycles. The molecule has 0 saturated carbocycles. The summed E-state index contributed by atoms with van der Waals surface area (Å²) in [6.45, 7) is 12.6. The maximum absolute atomic E-state index is 12.9. The van der Waals surface area contributed by atoms with Crippen LogP contribution in [0.25, 0.3) is 0 Å². The van der Waals surface area contributed by atoms with E-state index in [1.54, 1.807) is 48.5 Å². The first-order valence-corrected chi connectivity index (χ1v) is 15.1. The Balaban J connectivity index is 0.000000369. The molecule has 0 unspecified atom stereocenters. The van der Waals surface area contributed by atoms with Crippen LogP contribution in [0.3, 0.4) is 0 Å². The lowest BCUT2D eigenvalue weighted by atomic mass is 9.93. The molecular formula is C33H42N10O3. The van der Waals surface area contributed by atoms with Crippen LogP contribution in [0.5, 0.6) is 0 Å². The van der Waals surface area contributed by atoms with E-state index < -0.39 is 0 Å². The minimum absolute atomic E-state index is 0.00346. The summed E-state index contributed by atoms with van der Waals surface area (Å²) in [5.74, 6) is 2.24. The number of rotatable bonds is 9. The van der Waals surface area contributed by atoms with E-state index in [2.05, 4.69) is 63.7 Å². The topological polar surface area (TPSA) is 178 Å². The van der Waals surface area contributed by atoms with Gasteiger partial charge in [0.05, 0.1) is 11.3 Å². The lowest BCUT2D eigenvalue weighted by molar-refractivity contribution is -0.105. The van der Waals surface area contributed by atoms with Crippen molar-refractivity contribution in [3.63, 3.8) is 0 Å². The minimum Gasteiger partial charge on any atom is -0.383 e. The van der Waals surface area contributed by atoms with E-state index in [0.29, 0.717) is 53.4 Å². The lowest BCUT2D eigenvalue weighted by Crippen LogP contribution is -2.48. The maximum Gasteiger partial charge on any atom is 0.253 e. The number of nitrogens with two attached hydrogens (primary N) is 1. The summed E-state index contributed by atoms with van der Waals surface area (Å²) in [4.78, 5) is 36.0. The summed E-state index contributed by atoms with van der Waals surface area (Å²) in [5.41, 5.74) is 9.21. The van der Waals surface area contributed by atoms with Crippen molar-refractivity contribution in [3.8, 4) is 0 Å². The first-order chi connectivity index (χ1) is 22.0. The summed E-state index contributed by atoms with van der Waals surface area (Å²) < 4.78 is 5.11. The van der Waals surface area contributed by atoms with Gasteiger partial charge in [-0.25, -0.2) is 9.97 Å².